The summed E-state index contributed by atoms with van der Waals surface area (Å²) >= 11 is 0. The summed E-state index contributed by atoms with van der Waals surface area (Å²) in [4.78, 5) is 23.4. The minimum Gasteiger partial charge on any atom is -0.467 e. The van der Waals surface area contributed by atoms with Gasteiger partial charge in [0.2, 0.25) is 11.8 Å². The molecule has 1 N–H and O–H groups in total. The first-order chi connectivity index (χ1) is 12.5. The van der Waals surface area contributed by atoms with Crippen LogP contribution in [0, 0.1) is 19.8 Å². The van der Waals surface area contributed by atoms with E-state index in [0.717, 1.165) is 36.5 Å². The first-order valence-electron chi connectivity index (χ1n) is 9.10. The molecular weight excluding hydrogens is 328 g/mol. The highest BCUT2D eigenvalue weighted by atomic mass is 16.5. The first-order valence-corrected chi connectivity index (χ1v) is 9.10. The van der Waals surface area contributed by atoms with Gasteiger partial charge in [0.1, 0.15) is 0 Å². The highest BCUT2D eigenvalue weighted by Crippen LogP contribution is 2.22. The van der Waals surface area contributed by atoms with Gasteiger partial charge in [0.25, 0.3) is 5.91 Å². The summed E-state index contributed by atoms with van der Waals surface area (Å²) < 4.78 is 5.63. The molecule has 1 atom stereocenters. The molecule has 0 saturated carbocycles. The fraction of sp³-hybridized carbons (Fsp3) is 0.450. The molecule has 1 unspecified atom stereocenters. The standard InChI is InChI=1S/C20H26N4O2/c1-14-7-6-10-24(12-14)20-21-16(3)11-19(23-20)26-13-18(25)22-17-9-5-4-8-15(17)2/h4-5,8-9,11,14H,6-7,10,12-13H2,1-3H3,(H,22,25). The van der Waals surface area contributed by atoms with Gasteiger partial charge in [0.15, 0.2) is 6.61 Å². The minimum absolute atomic E-state index is 0.0827. The lowest BCUT2D eigenvalue weighted by molar-refractivity contribution is -0.118. The zero-order valence-electron chi connectivity index (χ0n) is 15.7. The van der Waals surface area contributed by atoms with Gasteiger partial charge in [0, 0.05) is 30.5 Å². The van der Waals surface area contributed by atoms with E-state index in [0.29, 0.717) is 17.7 Å². The number of para-hydroxylation sites is 1. The molecule has 2 aromatic rings. The average Bonchev–Trinajstić information content (AvgIpc) is 2.61. The predicted molar refractivity (Wildman–Crippen MR) is 103 cm³/mol. The number of aryl methyl sites for hydroxylation is 2. The molecule has 138 valence electrons. The van der Waals surface area contributed by atoms with E-state index in [1.54, 1.807) is 6.07 Å². The molecule has 1 amide bonds. The van der Waals surface area contributed by atoms with E-state index in [1.807, 2.05) is 38.1 Å². The lowest BCUT2D eigenvalue weighted by atomic mass is 10.0. The third-order valence-corrected chi connectivity index (χ3v) is 4.53. The maximum Gasteiger partial charge on any atom is 0.262 e. The van der Waals surface area contributed by atoms with Gasteiger partial charge in [-0.1, -0.05) is 25.1 Å². The fourth-order valence-corrected chi connectivity index (χ4v) is 3.15. The third kappa shape index (κ3) is 4.71. The Kier molecular flexibility index (Phi) is 5.71. The van der Waals surface area contributed by atoms with Crippen molar-refractivity contribution in [3.63, 3.8) is 0 Å². The summed E-state index contributed by atoms with van der Waals surface area (Å²) in [6.45, 7) is 7.95. The van der Waals surface area contributed by atoms with Crippen molar-refractivity contribution in [2.24, 2.45) is 5.92 Å². The van der Waals surface area contributed by atoms with Crippen molar-refractivity contribution in [3.05, 3.63) is 41.6 Å². The zero-order chi connectivity index (χ0) is 18.5. The number of amides is 1. The SMILES string of the molecule is Cc1cc(OCC(=O)Nc2ccccc2C)nc(N2CCCC(C)C2)n1. The number of benzene rings is 1. The largest absolute Gasteiger partial charge is 0.467 e. The van der Waals surface area contributed by atoms with E-state index in [9.17, 15) is 4.79 Å². The van der Waals surface area contributed by atoms with Gasteiger partial charge < -0.3 is 15.0 Å². The Morgan fingerprint density at radius 3 is 2.88 bits per heavy atom. The molecule has 1 aliphatic rings. The maximum absolute atomic E-state index is 12.2. The molecule has 3 rings (SSSR count). The van der Waals surface area contributed by atoms with Crippen molar-refractivity contribution >= 4 is 17.5 Å². The van der Waals surface area contributed by atoms with Crippen LogP contribution in [0.25, 0.3) is 0 Å². The van der Waals surface area contributed by atoms with E-state index in [4.69, 9.17) is 4.74 Å². The molecule has 2 heterocycles. The first kappa shape index (κ1) is 18.2. The van der Waals surface area contributed by atoms with Gasteiger partial charge in [-0.3, -0.25) is 4.79 Å². The molecule has 6 heteroatoms. The quantitative estimate of drug-likeness (QED) is 0.892. The van der Waals surface area contributed by atoms with Crippen molar-refractivity contribution in [2.75, 3.05) is 29.9 Å². The molecule has 6 nitrogen and oxygen atoms in total. The minimum atomic E-state index is -0.205. The molecule has 0 radical (unpaired) electrons. The van der Waals surface area contributed by atoms with Crippen LogP contribution in [0.1, 0.15) is 31.0 Å². The van der Waals surface area contributed by atoms with Gasteiger partial charge in [-0.2, -0.15) is 4.98 Å². The number of rotatable bonds is 5. The van der Waals surface area contributed by atoms with Crippen LogP contribution in [-0.4, -0.2) is 35.6 Å². The van der Waals surface area contributed by atoms with Crippen LogP contribution in [0.3, 0.4) is 0 Å². The third-order valence-electron chi connectivity index (χ3n) is 4.53. The molecule has 1 fully saturated rings. The summed E-state index contributed by atoms with van der Waals surface area (Å²) in [6, 6.07) is 9.42. The topological polar surface area (TPSA) is 67.3 Å². The molecule has 1 aromatic carbocycles. The Labute approximate surface area is 154 Å². The normalized spacial score (nSPS) is 17.0. The van der Waals surface area contributed by atoms with Crippen LogP contribution in [0.4, 0.5) is 11.6 Å². The molecule has 0 bridgehead atoms. The molecule has 1 aliphatic heterocycles. The van der Waals surface area contributed by atoms with Crippen molar-refractivity contribution in [3.8, 4) is 5.88 Å². The van der Waals surface area contributed by atoms with Crippen LogP contribution < -0.4 is 15.0 Å². The number of anilines is 2. The number of hydrogen-bond acceptors (Lipinski definition) is 5. The van der Waals surface area contributed by atoms with Crippen molar-refractivity contribution in [2.45, 2.75) is 33.6 Å². The summed E-state index contributed by atoms with van der Waals surface area (Å²) in [5, 5.41) is 2.86. The Hall–Kier alpha value is -2.63. The molecule has 26 heavy (non-hydrogen) atoms. The molecule has 1 aromatic heterocycles. The average molecular weight is 354 g/mol. The van der Waals surface area contributed by atoms with Crippen LogP contribution in [-0.2, 0) is 4.79 Å². The van der Waals surface area contributed by atoms with E-state index < -0.39 is 0 Å². The summed E-state index contributed by atoms with van der Waals surface area (Å²) in [6.07, 6.45) is 2.39. The lowest BCUT2D eigenvalue weighted by Gasteiger charge is -2.31. The number of hydrogen-bond donors (Lipinski definition) is 1. The molecular formula is C20H26N4O2. The smallest absolute Gasteiger partial charge is 0.262 e. The number of nitrogens with zero attached hydrogens (tertiary/aromatic N) is 3. The maximum atomic E-state index is 12.2. The van der Waals surface area contributed by atoms with Gasteiger partial charge >= 0.3 is 0 Å². The second-order valence-electron chi connectivity index (χ2n) is 6.99. The molecule has 1 saturated heterocycles. The van der Waals surface area contributed by atoms with Gasteiger partial charge in [0.05, 0.1) is 0 Å². The number of carbonyl (C=O) groups is 1. The number of aromatic nitrogens is 2. The van der Waals surface area contributed by atoms with Gasteiger partial charge in [-0.05, 0) is 44.2 Å². The predicted octanol–water partition coefficient (Wildman–Crippen LogP) is 3.35. The Bertz CT molecular complexity index is 778. The Morgan fingerprint density at radius 1 is 1.31 bits per heavy atom. The molecule has 0 spiro atoms. The Balaban J connectivity index is 1.62. The van der Waals surface area contributed by atoms with E-state index >= 15 is 0 Å². The second-order valence-corrected chi connectivity index (χ2v) is 6.99. The monoisotopic (exact) mass is 354 g/mol. The highest BCUT2D eigenvalue weighted by molar-refractivity contribution is 5.92. The summed E-state index contributed by atoms with van der Waals surface area (Å²) in [5.74, 6) is 1.55. The van der Waals surface area contributed by atoms with Crippen LogP contribution in [0.2, 0.25) is 0 Å². The van der Waals surface area contributed by atoms with Gasteiger partial charge in [-0.25, -0.2) is 4.98 Å². The highest BCUT2D eigenvalue weighted by Gasteiger charge is 2.19. The number of carbonyl (C=O) groups excluding carboxylic acids is 1. The van der Waals surface area contributed by atoms with Crippen LogP contribution in [0.15, 0.2) is 30.3 Å². The Morgan fingerprint density at radius 2 is 2.12 bits per heavy atom. The summed E-state index contributed by atoms with van der Waals surface area (Å²) in [5.41, 5.74) is 2.64. The fourth-order valence-electron chi connectivity index (χ4n) is 3.15. The van der Waals surface area contributed by atoms with E-state index in [-0.39, 0.29) is 12.5 Å². The summed E-state index contributed by atoms with van der Waals surface area (Å²) in [7, 11) is 0. The number of ether oxygens (including phenoxy) is 1. The molecule has 0 aliphatic carbocycles. The van der Waals surface area contributed by atoms with Crippen molar-refractivity contribution < 1.29 is 9.53 Å². The number of piperidine rings is 1. The van der Waals surface area contributed by atoms with Gasteiger partial charge in [-0.15, -0.1) is 0 Å². The lowest BCUT2D eigenvalue weighted by Crippen LogP contribution is -2.35. The zero-order valence-corrected chi connectivity index (χ0v) is 15.7. The number of nitrogens with one attached hydrogen (secondary N) is 1. The van der Waals surface area contributed by atoms with Crippen LogP contribution in [0.5, 0.6) is 5.88 Å². The van der Waals surface area contributed by atoms with Crippen molar-refractivity contribution in [1.29, 1.82) is 0 Å². The van der Waals surface area contributed by atoms with Crippen molar-refractivity contribution in [1.82, 2.24) is 9.97 Å². The second kappa shape index (κ2) is 8.17. The van der Waals surface area contributed by atoms with E-state index in [2.05, 4.69) is 27.1 Å². The van der Waals surface area contributed by atoms with E-state index in [1.165, 1.54) is 6.42 Å². The van der Waals surface area contributed by atoms with Crippen LogP contribution >= 0.6 is 0 Å².